The lowest BCUT2D eigenvalue weighted by atomic mass is 10.2. The van der Waals surface area contributed by atoms with E-state index in [0.717, 1.165) is 17.0 Å². The Morgan fingerprint density at radius 2 is 1.90 bits per heavy atom. The third-order valence-electron chi connectivity index (χ3n) is 4.42. The van der Waals surface area contributed by atoms with Gasteiger partial charge in [-0.3, -0.25) is 4.68 Å². The summed E-state index contributed by atoms with van der Waals surface area (Å²) in [6.45, 7) is 8.19. The summed E-state index contributed by atoms with van der Waals surface area (Å²) >= 11 is 0. The maximum Gasteiger partial charge on any atom is 0.573 e. The van der Waals surface area contributed by atoms with Crippen molar-refractivity contribution in [1.82, 2.24) is 20.4 Å². The molecule has 11 heteroatoms. The first-order valence-electron chi connectivity index (χ1n) is 9.62. The molecule has 1 aromatic heterocycles. The number of halogens is 4. The minimum Gasteiger partial charge on any atom is -0.405 e. The highest BCUT2D eigenvalue weighted by atomic mass is 127. The minimum absolute atomic E-state index is 0. The lowest BCUT2D eigenvalue weighted by Gasteiger charge is -2.14. The van der Waals surface area contributed by atoms with E-state index in [0.29, 0.717) is 37.8 Å². The number of aromatic nitrogens is 2. The first-order valence-corrected chi connectivity index (χ1v) is 9.62. The highest BCUT2D eigenvalue weighted by molar-refractivity contribution is 14.0. The number of aryl methyl sites for hydroxylation is 1. The molecule has 31 heavy (non-hydrogen) atoms. The first-order chi connectivity index (χ1) is 14.2. The maximum atomic E-state index is 12.6. The highest BCUT2D eigenvalue weighted by Gasteiger charge is 2.31. The second-order valence-corrected chi connectivity index (χ2v) is 6.57. The number of aliphatic imine (C=N–C) groups is 1. The molecule has 0 aliphatic rings. The largest absolute Gasteiger partial charge is 0.573 e. The van der Waals surface area contributed by atoms with Crippen LogP contribution in [0.4, 0.5) is 13.2 Å². The number of guanidine groups is 1. The fraction of sp³-hybridized carbons (Fsp3) is 0.500. The molecule has 2 aromatic rings. The molecule has 0 fully saturated rings. The van der Waals surface area contributed by atoms with E-state index in [1.54, 1.807) is 19.2 Å². The number of alkyl halides is 3. The number of hydrogen-bond donors (Lipinski definition) is 2. The number of ether oxygens (including phenoxy) is 2. The number of hydrogen-bond acceptors (Lipinski definition) is 4. The molecule has 0 atom stereocenters. The lowest BCUT2D eigenvalue weighted by Crippen LogP contribution is -2.37. The molecule has 1 aromatic carbocycles. The summed E-state index contributed by atoms with van der Waals surface area (Å²) in [6.07, 6.45) is -4.75. The maximum absolute atomic E-state index is 12.6. The zero-order valence-electron chi connectivity index (χ0n) is 18.0. The van der Waals surface area contributed by atoms with Gasteiger partial charge in [-0.1, -0.05) is 18.2 Å². The second-order valence-electron chi connectivity index (χ2n) is 6.57. The molecule has 0 unspecified atom stereocenters. The second kappa shape index (κ2) is 12.7. The molecule has 0 aliphatic heterocycles. The monoisotopic (exact) mass is 555 g/mol. The molecule has 0 saturated heterocycles. The van der Waals surface area contributed by atoms with Crippen LogP contribution in [0.1, 0.15) is 29.4 Å². The molecule has 0 spiro atoms. The predicted octanol–water partition coefficient (Wildman–Crippen LogP) is 3.92. The van der Waals surface area contributed by atoms with Crippen molar-refractivity contribution in [2.24, 2.45) is 4.99 Å². The SMILES string of the molecule is CCNC(=NCc1ccccc1OC(F)(F)F)NCc1c(C)nn(CCOC)c1C.I. The average Bonchev–Trinajstić information content (AvgIpc) is 2.95. The van der Waals surface area contributed by atoms with E-state index >= 15 is 0 Å². The summed E-state index contributed by atoms with van der Waals surface area (Å²) in [4.78, 5) is 4.41. The van der Waals surface area contributed by atoms with Gasteiger partial charge >= 0.3 is 6.36 Å². The zero-order chi connectivity index (χ0) is 22.1. The van der Waals surface area contributed by atoms with Crippen molar-refractivity contribution in [3.8, 4) is 5.75 Å². The van der Waals surface area contributed by atoms with Crippen molar-refractivity contribution in [3.63, 3.8) is 0 Å². The van der Waals surface area contributed by atoms with Gasteiger partial charge in [0.05, 0.1) is 25.4 Å². The van der Waals surface area contributed by atoms with Gasteiger partial charge in [-0.05, 0) is 26.8 Å². The molecule has 174 valence electrons. The summed E-state index contributed by atoms with van der Waals surface area (Å²) in [5.41, 5.74) is 3.30. The Hall–Kier alpha value is -2.02. The average molecular weight is 555 g/mol. The van der Waals surface area contributed by atoms with Crippen LogP contribution in [0.3, 0.4) is 0 Å². The van der Waals surface area contributed by atoms with E-state index in [4.69, 9.17) is 4.74 Å². The van der Waals surface area contributed by atoms with Gasteiger partial charge in [0.15, 0.2) is 5.96 Å². The summed E-state index contributed by atoms with van der Waals surface area (Å²) in [6, 6.07) is 5.97. The number of para-hydroxylation sites is 1. The van der Waals surface area contributed by atoms with E-state index in [-0.39, 0.29) is 36.3 Å². The van der Waals surface area contributed by atoms with Crippen molar-refractivity contribution in [2.75, 3.05) is 20.3 Å². The Labute approximate surface area is 197 Å². The first kappa shape index (κ1) is 27.0. The van der Waals surface area contributed by atoms with Crippen LogP contribution in [0, 0.1) is 13.8 Å². The fourth-order valence-corrected chi connectivity index (χ4v) is 2.92. The Morgan fingerprint density at radius 3 is 2.55 bits per heavy atom. The summed E-state index contributed by atoms with van der Waals surface area (Å²) in [5.74, 6) is 0.235. The van der Waals surface area contributed by atoms with E-state index in [1.165, 1.54) is 12.1 Å². The smallest absolute Gasteiger partial charge is 0.405 e. The Kier molecular flexibility index (Phi) is 11.1. The molecule has 0 aliphatic carbocycles. The van der Waals surface area contributed by atoms with Crippen molar-refractivity contribution < 1.29 is 22.6 Å². The zero-order valence-corrected chi connectivity index (χ0v) is 20.4. The number of methoxy groups -OCH3 is 1. The highest BCUT2D eigenvalue weighted by Crippen LogP contribution is 2.26. The van der Waals surface area contributed by atoms with Crippen LogP contribution < -0.4 is 15.4 Å². The standard InChI is InChI=1S/C20H28F3N5O2.HI/c1-5-24-19(25-12-16-8-6-7-9-18(16)30-20(21,22)23)26-13-17-14(2)27-28(15(17)3)10-11-29-4;/h6-9H,5,10-13H2,1-4H3,(H2,24,25,26);1H. The summed E-state index contributed by atoms with van der Waals surface area (Å²) in [7, 11) is 1.64. The van der Waals surface area contributed by atoms with Crippen LogP contribution in [-0.4, -0.2) is 42.4 Å². The van der Waals surface area contributed by atoms with Gasteiger partial charge in [0.25, 0.3) is 0 Å². The van der Waals surface area contributed by atoms with Crippen molar-refractivity contribution in [2.45, 2.75) is 46.8 Å². The van der Waals surface area contributed by atoms with Gasteiger partial charge in [0.1, 0.15) is 5.75 Å². The van der Waals surface area contributed by atoms with Gasteiger partial charge in [0.2, 0.25) is 0 Å². The van der Waals surface area contributed by atoms with Gasteiger partial charge < -0.3 is 20.1 Å². The topological polar surface area (TPSA) is 72.7 Å². The molecule has 0 saturated carbocycles. The third-order valence-corrected chi connectivity index (χ3v) is 4.42. The summed E-state index contributed by atoms with van der Waals surface area (Å²) in [5, 5.41) is 10.8. The fourth-order valence-electron chi connectivity index (χ4n) is 2.92. The van der Waals surface area contributed by atoms with Crippen molar-refractivity contribution >= 4 is 29.9 Å². The van der Waals surface area contributed by atoms with Crippen LogP contribution in [0.5, 0.6) is 5.75 Å². The normalized spacial score (nSPS) is 11.8. The molecule has 0 amide bonds. The number of nitrogens with zero attached hydrogens (tertiary/aromatic N) is 3. The Bertz CT molecular complexity index is 856. The molecule has 2 rings (SSSR count). The van der Waals surface area contributed by atoms with Gasteiger partial charge in [-0.15, -0.1) is 37.1 Å². The van der Waals surface area contributed by atoms with Gasteiger partial charge in [-0.25, -0.2) is 4.99 Å². The molecular formula is C20H29F3IN5O2. The van der Waals surface area contributed by atoms with Crippen molar-refractivity contribution in [1.29, 1.82) is 0 Å². The molecule has 2 N–H and O–H groups in total. The van der Waals surface area contributed by atoms with E-state index in [2.05, 4.69) is 25.5 Å². The van der Waals surface area contributed by atoms with E-state index in [9.17, 15) is 13.2 Å². The number of benzene rings is 1. The molecular weight excluding hydrogens is 526 g/mol. The molecule has 0 radical (unpaired) electrons. The Morgan fingerprint density at radius 1 is 1.19 bits per heavy atom. The number of nitrogens with one attached hydrogen (secondary N) is 2. The predicted molar refractivity (Wildman–Crippen MR) is 124 cm³/mol. The Balaban J connectivity index is 0.00000480. The number of rotatable bonds is 9. The quantitative estimate of drug-likeness (QED) is 0.279. The lowest BCUT2D eigenvalue weighted by molar-refractivity contribution is -0.274. The van der Waals surface area contributed by atoms with Crippen LogP contribution in [0.15, 0.2) is 29.3 Å². The molecule has 0 bridgehead atoms. The van der Waals surface area contributed by atoms with Crippen LogP contribution >= 0.6 is 24.0 Å². The van der Waals surface area contributed by atoms with Crippen LogP contribution in [-0.2, 0) is 24.4 Å². The minimum atomic E-state index is -4.75. The third kappa shape index (κ3) is 8.56. The van der Waals surface area contributed by atoms with Gasteiger partial charge in [0, 0.05) is 37.0 Å². The van der Waals surface area contributed by atoms with Crippen LogP contribution in [0.2, 0.25) is 0 Å². The molecule has 7 nitrogen and oxygen atoms in total. The van der Waals surface area contributed by atoms with Crippen molar-refractivity contribution in [3.05, 3.63) is 46.8 Å². The van der Waals surface area contributed by atoms with Gasteiger partial charge in [-0.2, -0.15) is 5.10 Å². The van der Waals surface area contributed by atoms with E-state index in [1.807, 2.05) is 25.5 Å². The van der Waals surface area contributed by atoms with E-state index < -0.39 is 6.36 Å². The van der Waals surface area contributed by atoms with Crippen LogP contribution in [0.25, 0.3) is 0 Å². The molecule has 1 heterocycles. The summed E-state index contributed by atoms with van der Waals surface area (Å²) < 4.78 is 48.9.